The number of halogens is 4. The number of aliphatic carboxylic acids is 1. The molecule has 0 aromatic carbocycles. The molecule has 3 rings (SSSR count). The molecule has 0 saturated carbocycles. The first-order valence-electron chi connectivity index (χ1n) is 19.9. The van der Waals surface area contributed by atoms with Crippen molar-refractivity contribution in [3.05, 3.63) is 0 Å². The molecule has 0 aliphatic carbocycles. The van der Waals surface area contributed by atoms with Gasteiger partial charge in [-0.05, 0) is 101 Å². The summed E-state index contributed by atoms with van der Waals surface area (Å²) >= 11 is 19.1. The fourth-order valence-corrected chi connectivity index (χ4v) is 5.97. The summed E-state index contributed by atoms with van der Waals surface area (Å²) in [7, 11) is 11.7. The first-order valence-corrected chi connectivity index (χ1v) is 22.1. The Morgan fingerprint density at radius 3 is 1.08 bits per heavy atom. The lowest BCUT2D eigenvalue weighted by atomic mass is 10.1. The van der Waals surface area contributed by atoms with Gasteiger partial charge in [-0.25, -0.2) is 9.59 Å². The third kappa shape index (κ3) is 22.0. The maximum Gasteiger partial charge on any atom is 0.329 e. The van der Waals surface area contributed by atoms with Gasteiger partial charge < -0.3 is 48.8 Å². The van der Waals surface area contributed by atoms with Crippen molar-refractivity contribution in [3.63, 3.8) is 0 Å². The van der Waals surface area contributed by atoms with Gasteiger partial charge in [0, 0.05) is 19.6 Å². The molecule has 3 aliphatic heterocycles. The van der Waals surface area contributed by atoms with E-state index in [9.17, 15) is 33.9 Å². The van der Waals surface area contributed by atoms with Gasteiger partial charge in [0.1, 0.15) is 23.3 Å². The van der Waals surface area contributed by atoms with Crippen LogP contribution in [-0.2, 0) is 38.2 Å². The van der Waals surface area contributed by atoms with E-state index in [1.165, 1.54) is 4.90 Å². The first kappa shape index (κ1) is 59.0. The van der Waals surface area contributed by atoms with Crippen LogP contribution in [-0.4, -0.2) is 179 Å². The number of rotatable bonds is 8. The van der Waals surface area contributed by atoms with Crippen molar-refractivity contribution in [2.75, 3.05) is 72.6 Å². The average Bonchev–Trinajstić information content (AvgIpc) is 3.87. The summed E-state index contributed by atoms with van der Waals surface area (Å²) in [5.41, 5.74) is 4.52. The van der Waals surface area contributed by atoms with Gasteiger partial charge in [0.25, 0.3) is 11.8 Å². The zero-order chi connectivity index (χ0) is 46.9. The molecule has 6 atom stereocenters. The highest BCUT2D eigenvalue weighted by Crippen LogP contribution is 2.24. The van der Waals surface area contributed by atoms with Crippen LogP contribution >= 0.6 is 46.4 Å². The van der Waals surface area contributed by atoms with E-state index < -0.39 is 41.3 Å². The summed E-state index contributed by atoms with van der Waals surface area (Å²) in [6.07, 6.45) is 4.30. The van der Waals surface area contributed by atoms with Gasteiger partial charge in [0.05, 0.1) is 71.0 Å². The number of likely N-dealkylation sites (tertiary alicyclic amines) is 3. The topological polar surface area (TPSA) is 180 Å². The van der Waals surface area contributed by atoms with Crippen molar-refractivity contribution in [2.45, 2.75) is 148 Å². The van der Waals surface area contributed by atoms with E-state index in [0.717, 1.165) is 19.3 Å². The minimum Gasteiger partial charge on any atom is -0.548 e. The molecule has 19 heteroatoms. The van der Waals surface area contributed by atoms with E-state index in [1.807, 2.05) is 97.7 Å². The highest BCUT2D eigenvalue weighted by Gasteiger charge is 2.42. The predicted molar refractivity (Wildman–Crippen MR) is 233 cm³/mol. The number of hydrogen-bond acceptors (Lipinski definition) is 10. The number of carbonyl (C=O) groups excluding carboxylic acids is 6. The fourth-order valence-electron chi connectivity index (χ4n) is 5.97. The monoisotopic (exact) mass is 923 g/mol. The molecule has 0 aromatic heterocycles. The molecule has 3 amide bonds. The Morgan fingerprint density at radius 2 is 0.847 bits per heavy atom. The van der Waals surface area contributed by atoms with Gasteiger partial charge in [-0.3, -0.25) is 14.4 Å². The number of amides is 3. The van der Waals surface area contributed by atoms with Crippen LogP contribution in [0, 0.1) is 0 Å². The summed E-state index contributed by atoms with van der Waals surface area (Å²) in [6, 6.07) is -2.60. The molecule has 3 heterocycles. The van der Waals surface area contributed by atoms with Gasteiger partial charge in [-0.2, -0.15) is 0 Å². The number of likely N-dealkylation sites (N-methyl/N-ethyl adjacent to an activating group) is 2. The lowest BCUT2D eigenvalue weighted by Gasteiger charge is -2.35. The van der Waals surface area contributed by atoms with E-state index in [4.69, 9.17) is 61.6 Å². The Labute approximate surface area is 374 Å². The van der Waals surface area contributed by atoms with E-state index in [1.54, 1.807) is 16.7 Å². The van der Waals surface area contributed by atoms with Gasteiger partial charge in [0.15, 0.2) is 12.1 Å². The second-order valence-corrected chi connectivity index (χ2v) is 20.1. The Bertz CT molecular complexity index is 1340. The molecule has 0 bridgehead atoms. The third-order valence-corrected chi connectivity index (χ3v) is 9.67. The maximum absolute atomic E-state index is 12.6. The number of carboxylic acids is 1. The van der Waals surface area contributed by atoms with Crippen molar-refractivity contribution in [3.8, 4) is 0 Å². The molecule has 2 N–H and O–H groups in total. The first-order chi connectivity index (χ1) is 26.7. The Morgan fingerprint density at radius 1 is 0.593 bits per heavy atom. The van der Waals surface area contributed by atoms with Crippen LogP contribution in [0.2, 0.25) is 0 Å². The van der Waals surface area contributed by atoms with Crippen LogP contribution in [0.4, 0.5) is 0 Å². The van der Waals surface area contributed by atoms with Crippen LogP contribution in [0.15, 0.2) is 0 Å². The normalized spacial score (nSPS) is 20.7. The molecule has 0 aromatic rings. The number of esters is 2. The Hall–Kier alpha value is -2.14. The Balaban J connectivity index is 0. The number of hydrogen-bond donors (Lipinski definition) is 1. The van der Waals surface area contributed by atoms with E-state index in [-0.39, 0.29) is 52.4 Å². The lowest BCUT2D eigenvalue weighted by molar-refractivity contribution is -0.884. The molecule has 3 aliphatic rings. The number of carboxylic acid groups (broad SMARTS) is 1. The Kier molecular flexibility index (Phi) is 26.3. The number of alkyl halides is 4. The highest BCUT2D eigenvalue weighted by molar-refractivity contribution is 6.41. The van der Waals surface area contributed by atoms with E-state index in [0.29, 0.717) is 47.9 Å². The number of nitrogens with two attached hydrogens (primary N) is 1. The standard InChI is InChI=1S/C15H29N2O3.C12H22N2O3.C11H20N2O3.2CH2Cl2/c1-11(17(5,6)7)13(18)16-10-8-9-12(16)14(19)20-15(2,3)4;1-8(13)10(15)14-7-5-6-9(14)11(16)17-12(2,3)4;1-8(13(2,3)4)10(14)12-7-5-6-9(12)11(15)16;2*2-1-3/h11-12H,8-10H2,1-7H3;8-9H,5-7,13H2,1-4H3;8-9H,5-7H2,1-4H3;2*1H2/q+1;;;;/t11-,12-;2*8-,9-;;/m000../s1. The number of nitrogens with zero attached hydrogens (tertiary/aromatic N) is 5. The summed E-state index contributed by atoms with van der Waals surface area (Å²) in [5.74, 6) is -2.00. The van der Waals surface area contributed by atoms with Crippen molar-refractivity contribution in [1.29, 1.82) is 0 Å². The number of ether oxygens (including phenoxy) is 2. The predicted octanol–water partition coefficient (Wildman–Crippen LogP) is 3.75. The number of quaternary nitrogens is 2. The van der Waals surface area contributed by atoms with Gasteiger partial charge >= 0.3 is 11.9 Å². The van der Waals surface area contributed by atoms with Gasteiger partial charge in [0.2, 0.25) is 5.91 Å². The minimum absolute atomic E-state index is 0.0332. The molecule has 3 fully saturated rings. The van der Waals surface area contributed by atoms with E-state index in [2.05, 4.69) is 0 Å². The second kappa shape index (κ2) is 26.4. The third-order valence-electron chi connectivity index (χ3n) is 9.67. The van der Waals surface area contributed by atoms with Crippen molar-refractivity contribution in [1.82, 2.24) is 14.7 Å². The lowest BCUT2D eigenvalue weighted by Crippen LogP contribution is -2.56. The summed E-state index contributed by atoms with van der Waals surface area (Å²) in [6.45, 7) is 18.1. The smallest absolute Gasteiger partial charge is 0.329 e. The molecular formula is C40H75Cl4N6O9+. The average molecular weight is 926 g/mol. The van der Waals surface area contributed by atoms with Crippen LogP contribution in [0.5, 0.6) is 0 Å². The van der Waals surface area contributed by atoms with Crippen LogP contribution < -0.4 is 10.8 Å². The van der Waals surface area contributed by atoms with Crippen LogP contribution in [0.3, 0.4) is 0 Å². The maximum atomic E-state index is 12.6. The molecule has 0 spiro atoms. The summed E-state index contributed by atoms with van der Waals surface area (Å²) in [5, 5.41) is 11.3. The zero-order valence-corrected chi connectivity index (χ0v) is 41.3. The molecular weight excluding hydrogens is 850 g/mol. The van der Waals surface area contributed by atoms with Crippen molar-refractivity contribution < 1.29 is 52.3 Å². The molecule has 0 radical (unpaired) electrons. The van der Waals surface area contributed by atoms with Gasteiger partial charge in [-0.15, -0.1) is 46.4 Å². The number of carbonyl (C=O) groups is 6. The van der Waals surface area contributed by atoms with Gasteiger partial charge in [-0.1, -0.05) is 0 Å². The fraction of sp³-hybridized carbons (Fsp3) is 0.850. The molecule has 15 nitrogen and oxygen atoms in total. The van der Waals surface area contributed by atoms with E-state index >= 15 is 0 Å². The SMILES string of the molecule is C[C@@H](C(=O)N1CCC[C@H]1C(=O)OC(C)(C)C)[N+](C)(C)C.C[C@@H](C(=O)N1CCC[C@H]1C(=O)[O-])[N+](C)(C)C.C[C@H](N)C(=O)N1CCC[C@H]1C(=O)OC(C)(C)C.ClCCl.ClCCl. The summed E-state index contributed by atoms with van der Waals surface area (Å²) in [4.78, 5) is 76.3. The largest absolute Gasteiger partial charge is 0.548 e. The summed E-state index contributed by atoms with van der Waals surface area (Å²) < 4.78 is 11.8. The molecule has 3 saturated heterocycles. The van der Waals surface area contributed by atoms with Crippen LogP contribution in [0.25, 0.3) is 0 Å². The molecule has 0 unspecified atom stereocenters. The van der Waals surface area contributed by atoms with Crippen LogP contribution in [0.1, 0.15) is 101 Å². The molecule has 59 heavy (non-hydrogen) atoms. The van der Waals surface area contributed by atoms with Crippen molar-refractivity contribution >= 4 is 82.0 Å². The zero-order valence-electron chi connectivity index (χ0n) is 38.2. The second-order valence-electron chi connectivity index (χ2n) is 18.5. The minimum atomic E-state index is -1.14. The van der Waals surface area contributed by atoms with Crippen molar-refractivity contribution in [2.24, 2.45) is 5.73 Å². The molecule has 346 valence electrons. The highest BCUT2D eigenvalue weighted by atomic mass is 35.5. The quantitative estimate of drug-likeness (QED) is 0.214.